The zero-order valence-corrected chi connectivity index (χ0v) is 14.8. The summed E-state index contributed by atoms with van der Waals surface area (Å²) in [5.74, 6) is -0.115. The predicted octanol–water partition coefficient (Wildman–Crippen LogP) is 3.93. The molecule has 9 heteroatoms. The number of para-hydroxylation sites is 2. The summed E-state index contributed by atoms with van der Waals surface area (Å²) < 4.78 is 0.401. The molecule has 3 rings (SSSR count). The summed E-state index contributed by atoms with van der Waals surface area (Å²) in [4.78, 5) is 27.4. The van der Waals surface area contributed by atoms with Crippen LogP contribution in [-0.4, -0.2) is 41.9 Å². The summed E-state index contributed by atoms with van der Waals surface area (Å²) in [6, 6.07) is 8.21. The van der Waals surface area contributed by atoms with Crippen molar-refractivity contribution in [3.8, 4) is 0 Å². The van der Waals surface area contributed by atoms with E-state index in [4.69, 9.17) is 23.2 Å². The van der Waals surface area contributed by atoms with Crippen molar-refractivity contribution >= 4 is 51.8 Å². The Morgan fingerprint density at radius 3 is 2.42 bits per heavy atom. The molecule has 24 heavy (non-hydrogen) atoms. The summed E-state index contributed by atoms with van der Waals surface area (Å²) in [5.41, 5.74) is 0.658. The van der Waals surface area contributed by atoms with Gasteiger partial charge in [0.2, 0.25) is 0 Å². The van der Waals surface area contributed by atoms with Gasteiger partial charge in [-0.2, -0.15) is 0 Å². The quantitative estimate of drug-likeness (QED) is 0.592. The van der Waals surface area contributed by atoms with E-state index in [1.807, 2.05) is 4.90 Å². The van der Waals surface area contributed by atoms with E-state index in [-0.39, 0.29) is 16.5 Å². The lowest BCUT2D eigenvalue weighted by atomic mass is 10.2. The molecule has 2 aromatic rings. The van der Waals surface area contributed by atoms with Crippen LogP contribution in [0.4, 0.5) is 11.4 Å². The second kappa shape index (κ2) is 6.96. The topological polar surface area (TPSA) is 66.7 Å². The van der Waals surface area contributed by atoms with Crippen molar-refractivity contribution in [1.82, 2.24) is 4.90 Å². The fraction of sp³-hybridized carbons (Fsp3) is 0.267. The van der Waals surface area contributed by atoms with Crippen molar-refractivity contribution in [3.63, 3.8) is 0 Å². The highest BCUT2D eigenvalue weighted by Crippen LogP contribution is 2.33. The number of carbonyl (C=O) groups is 1. The fourth-order valence-electron chi connectivity index (χ4n) is 2.64. The third-order valence-corrected chi connectivity index (χ3v) is 5.70. The van der Waals surface area contributed by atoms with Gasteiger partial charge in [0, 0.05) is 32.2 Å². The first-order valence-corrected chi connectivity index (χ1v) is 8.77. The highest BCUT2D eigenvalue weighted by Gasteiger charge is 2.27. The second-order valence-corrected chi connectivity index (χ2v) is 7.32. The van der Waals surface area contributed by atoms with Crippen molar-refractivity contribution in [2.75, 3.05) is 31.1 Å². The van der Waals surface area contributed by atoms with Gasteiger partial charge in [-0.3, -0.25) is 14.9 Å². The summed E-state index contributed by atoms with van der Waals surface area (Å²) in [6.07, 6.45) is 0. The lowest BCUT2D eigenvalue weighted by Gasteiger charge is -2.35. The van der Waals surface area contributed by atoms with E-state index >= 15 is 0 Å². The Kier molecular flexibility index (Phi) is 4.93. The first-order valence-electron chi connectivity index (χ1n) is 7.20. The number of halogens is 2. The van der Waals surface area contributed by atoms with E-state index in [2.05, 4.69) is 0 Å². The number of nitrogens with zero attached hydrogens (tertiary/aromatic N) is 3. The van der Waals surface area contributed by atoms with E-state index < -0.39 is 0 Å². The maximum atomic E-state index is 12.5. The summed E-state index contributed by atoms with van der Waals surface area (Å²) in [6.45, 7) is 2.03. The minimum Gasteiger partial charge on any atom is -0.362 e. The normalized spacial score (nSPS) is 14.8. The van der Waals surface area contributed by atoms with Crippen LogP contribution < -0.4 is 4.90 Å². The number of amides is 1. The molecule has 0 N–H and O–H groups in total. The van der Waals surface area contributed by atoms with Crippen molar-refractivity contribution in [2.24, 2.45) is 0 Å². The maximum absolute atomic E-state index is 12.5. The lowest BCUT2D eigenvalue weighted by Crippen LogP contribution is -2.48. The standard InChI is InChI=1S/C15H13Cl2N3O3S/c16-10-9-13(24-14(10)17)15(21)19-7-5-18(6-8-19)11-3-1-2-4-12(11)20(22)23/h1-4,9H,5-8H2. The molecule has 126 valence electrons. The highest BCUT2D eigenvalue weighted by molar-refractivity contribution is 7.18. The largest absolute Gasteiger partial charge is 0.362 e. The third kappa shape index (κ3) is 3.33. The summed E-state index contributed by atoms with van der Waals surface area (Å²) in [7, 11) is 0. The molecule has 0 aliphatic carbocycles. The number of hydrogen-bond donors (Lipinski definition) is 0. The van der Waals surface area contributed by atoms with Gasteiger partial charge in [0.25, 0.3) is 11.6 Å². The number of benzene rings is 1. The smallest absolute Gasteiger partial charge is 0.292 e. The Labute approximate surface area is 152 Å². The molecule has 1 amide bonds. The Morgan fingerprint density at radius 2 is 1.83 bits per heavy atom. The molecule has 1 fully saturated rings. The molecule has 1 saturated heterocycles. The van der Waals surface area contributed by atoms with Gasteiger partial charge in [0.1, 0.15) is 10.0 Å². The van der Waals surface area contributed by atoms with Crippen LogP contribution in [0.5, 0.6) is 0 Å². The first-order chi connectivity index (χ1) is 11.5. The summed E-state index contributed by atoms with van der Waals surface area (Å²) in [5, 5.41) is 11.5. The van der Waals surface area contributed by atoms with Crippen LogP contribution in [0.1, 0.15) is 9.67 Å². The Hall–Kier alpha value is -1.83. The zero-order valence-electron chi connectivity index (χ0n) is 12.4. The SMILES string of the molecule is O=C(c1cc(Cl)c(Cl)s1)N1CCN(c2ccccc2[N+](=O)[O-])CC1. The van der Waals surface area contributed by atoms with Crippen molar-refractivity contribution in [3.05, 3.63) is 54.7 Å². The number of anilines is 1. The molecular formula is C15H13Cl2N3O3S. The molecule has 0 spiro atoms. The molecule has 1 aromatic heterocycles. The highest BCUT2D eigenvalue weighted by atomic mass is 35.5. The Morgan fingerprint density at radius 1 is 1.17 bits per heavy atom. The van der Waals surface area contributed by atoms with Gasteiger partial charge < -0.3 is 9.80 Å². The van der Waals surface area contributed by atoms with E-state index in [1.165, 1.54) is 6.07 Å². The van der Waals surface area contributed by atoms with Gasteiger partial charge in [-0.05, 0) is 12.1 Å². The van der Waals surface area contributed by atoms with Crippen molar-refractivity contribution in [1.29, 1.82) is 0 Å². The van der Waals surface area contributed by atoms with Crippen LogP contribution in [0.15, 0.2) is 30.3 Å². The third-order valence-electron chi connectivity index (χ3n) is 3.84. The van der Waals surface area contributed by atoms with Crippen molar-refractivity contribution in [2.45, 2.75) is 0 Å². The van der Waals surface area contributed by atoms with E-state index in [9.17, 15) is 14.9 Å². The van der Waals surface area contributed by atoms with Gasteiger partial charge in [-0.25, -0.2) is 0 Å². The molecule has 1 aliphatic heterocycles. The second-order valence-electron chi connectivity index (χ2n) is 5.26. The number of nitro benzene ring substituents is 1. The molecule has 6 nitrogen and oxygen atoms in total. The van der Waals surface area contributed by atoms with E-state index in [0.29, 0.717) is 46.1 Å². The molecule has 0 unspecified atom stereocenters. The number of piperazine rings is 1. The lowest BCUT2D eigenvalue weighted by molar-refractivity contribution is -0.384. The van der Waals surface area contributed by atoms with Gasteiger partial charge in [0.15, 0.2) is 0 Å². The number of thiophene rings is 1. The van der Waals surface area contributed by atoms with E-state index in [0.717, 1.165) is 11.3 Å². The minimum absolute atomic E-state index is 0.0779. The molecule has 0 saturated carbocycles. The maximum Gasteiger partial charge on any atom is 0.292 e. The molecule has 0 atom stereocenters. The molecule has 0 radical (unpaired) electrons. The van der Waals surface area contributed by atoms with Crippen LogP contribution in [-0.2, 0) is 0 Å². The molecule has 2 heterocycles. The van der Waals surface area contributed by atoms with Gasteiger partial charge in [-0.1, -0.05) is 35.3 Å². The van der Waals surface area contributed by atoms with Crippen LogP contribution in [0, 0.1) is 10.1 Å². The zero-order chi connectivity index (χ0) is 17.3. The average Bonchev–Trinajstić information content (AvgIpc) is 2.93. The van der Waals surface area contributed by atoms with Crippen LogP contribution in [0.3, 0.4) is 0 Å². The minimum atomic E-state index is -0.386. The average molecular weight is 386 g/mol. The van der Waals surface area contributed by atoms with E-state index in [1.54, 1.807) is 29.2 Å². The molecular weight excluding hydrogens is 373 g/mol. The number of nitro groups is 1. The van der Waals surface area contributed by atoms with Gasteiger partial charge in [-0.15, -0.1) is 11.3 Å². The number of hydrogen-bond acceptors (Lipinski definition) is 5. The Balaban J connectivity index is 1.70. The molecule has 0 bridgehead atoms. The molecule has 1 aliphatic rings. The predicted molar refractivity (Wildman–Crippen MR) is 95.6 cm³/mol. The van der Waals surface area contributed by atoms with Crippen LogP contribution in [0.2, 0.25) is 9.36 Å². The number of carbonyl (C=O) groups excluding carboxylic acids is 1. The first kappa shape index (κ1) is 17.0. The summed E-state index contributed by atoms with van der Waals surface area (Å²) >= 11 is 13.0. The monoisotopic (exact) mass is 385 g/mol. The number of rotatable bonds is 3. The Bertz CT molecular complexity index is 769. The fourth-order valence-corrected chi connectivity index (χ4v) is 3.98. The van der Waals surface area contributed by atoms with Crippen LogP contribution >= 0.6 is 34.5 Å². The van der Waals surface area contributed by atoms with Gasteiger partial charge >= 0.3 is 0 Å². The van der Waals surface area contributed by atoms with Gasteiger partial charge in [0.05, 0.1) is 14.8 Å². The molecule has 1 aromatic carbocycles. The van der Waals surface area contributed by atoms with Crippen LogP contribution in [0.25, 0.3) is 0 Å². The van der Waals surface area contributed by atoms with Crippen molar-refractivity contribution < 1.29 is 9.72 Å².